The van der Waals surface area contributed by atoms with Gasteiger partial charge in [0.2, 0.25) is 0 Å². The van der Waals surface area contributed by atoms with Crippen LogP contribution in [0.1, 0.15) is 0 Å². The minimum atomic E-state index is -4.55. The second-order valence-electron chi connectivity index (χ2n) is 4.79. The maximum atomic E-state index is 13.8. The Morgan fingerprint density at radius 1 is 1.16 bits per heavy atom. The number of nitro groups is 1. The van der Waals surface area contributed by atoms with Crippen molar-refractivity contribution >= 4 is 27.1 Å². The first-order chi connectivity index (χ1) is 11.8. The quantitative estimate of drug-likeness (QED) is 0.505. The van der Waals surface area contributed by atoms with Gasteiger partial charge in [0.15, 0.2) is 11.6 Å². The predicted molar refractivity (Wildman–Crippen MR) is 85.8 cm³/mol. The van der Waals surface area contributed by atoms with Gasteiger partial charge in [-0.3, -0.25) is 14.8 Å². The molecular formula is C14H13F2N3O5S. The van der Waals surface area contributed by atoms with Crippen molar-refractivity contribution in [3.8, 4) is 0 Å². The number of hydrogen-bond donors (Lipinski definition) is 3. The van der Waals surface area contributed by atoms with Crippen molar-refractivity contribution in [2.24, 2.45) is 0 Å². The molecule has 0 heterocycles. The minimum absolute atomic E-state index is 0.0425. The molecular weight excluding hydrogens is 360 g/mol. The molecule has 2 rings (SSSR count). The van der Waals surface area contributed by atoms with Crippen molar-refractivity contribution in [1.29, 1.82) is 0 Å². The molecule has 0 saturated carbocycles. The van der Waals surface area contributed by atoms with Crippen LogP contribution in [0.3, 0.4) is 0 Å². The molecule has 2 aromatic carbocycles. The normalized spacial score (nSPS) is 11.2. The van der Waals surface area contributed by atoms with Crippen LogP contribution in [0.5, 0.6) is 0 Å². The highest BCUT2D eigenvalue weighted by atomic mass is 32.2. The predicted octanol–water partition coefficient (Wildman–Crippen LogP) is 2.08. The molecule has 3 N–H and O–H groups in total. The molecule has 0 saturated heterocycles. The van der Waals surface area contributed by atoms with Crippen molar-refractivity contribution in [2.75, 3.05) is 23.2 Å². The van der Waals surface area contributed by atoms with Crippen LogP contribution in [0.4, 0.5) is 25.8 Å². The van der Waals surface area contributed by atoms with Crippen molar-refractivity contribution < 1.29 is 27.2 Å². The number of nitrogens with zero attached hydrogens (tertiary/aromatic N) is 1. The smallest absolute Gasteiger partial charge is 0.271 e. The van der Waals surface area contributed by atoms with Crippen LogP contribution in [0.25, 0.3) is 0 Å². The molecule has 0 aliphatic carbocycles. The summed E-state index contributed by atoms with van der Waals surface area (Å²) in [6.07, 6.45) is 0. The van der Waals surface area contributed by atoms with E-state index in [0.29, 0.717) is 0 Å². The zero-order valence-corrected chi connectivity index (χ0v) is 13.4. The van der Waals surface area contributed by atoms with E-state index < -0.39 is 37.2 Å². The maximum absolute atomic E-state index is 13.8. The van der Waals surface area contributed by atoms with Crippen LogP contribution >= 0.6 is 0 Å². The van der Waals surface area contributed by atoms with E-state index in [1.165, 1.54) is 6.07 Å². The Hall–Kier alpha value is -2.79. The Labute approximate surface area is 141 Å². The zero-order valence-electron chi connectivity index (χ0n) is 12.6. The van der Waals surface area contributed by atoms with Crippen LogP contribution in [0.15, 0.2) is 41.3 Å². The summed E-state index contributed by atoms with van der Waals surface area (Å²) in [5.74, 6) is -2.91. The fourth-order valence-electron chi connectivity index (χ4n) is 1.97. The van der Waals surface area contributed by atoms with Crippen LogP contribution in [-0.2, 0) is 10.0 Å². The van der Waals surface area contributed by atoms with Gasteiger partial charge in [0.05, 0.1) is 22.9 Å². The van der Waals surface area contributed by atoms with E-state index in [4.69, 9.17) is 5.11 Å². The zero-order chi connectivity index (χ0) is 18.6. The number of halogens is 2. The van der Waals surface area contributed by atoms with Crippen LogP contribution in [-0.4, -0.2) is 31.6 Å². The van der Waals surface area contributed by atoms with Gasteiger partial charge in [-0.25, -0.2) is 17.2 Å². The van der Waals surface area contributed by atoms with Gasteiger partial charge in [-0.05, 0) is 18.2 Å². The third kappa shape index (κ3) is 4.19. The number of sulfonamides is 1. The molecule has 2 aromatic rings. The van der Waals surface area contributed by atoms with Gasteiger partial charge >= 0.3 is 0 Å². The van der Waals surface area contributed by atoms with Crippen LogP contribution in [0.2, 0.25) is 0 Å². The average Bonchev–Trinajstić information content (AvgIpc) is 2.55. The summed E-state index contributed by atoms with van der Waals surface area (Å²) < 4.78 is 53.7. The molecule has 0 aromatic heterocycles. The van der Waals surface area contributed by atoms with Crippen molar-refractivity contribution in [3.63, 3.8) is 0 Å². The molecule has 8 nitrogen and oxygen atoms in total. The third-order valence-electron chi connectivity index (χ3n) is 3.09. The molecule has 0 amide bonds. The van der Waals surface area contributed by atoms with E-state index in [9.17, 15) is 27.3 Å². The molecule has 11 heteroatoms. The maximum Gasteiger partial charge on any atom is 0.271 e. The number of nitrogens with one attached hydrogen (secondary N) is 2. The number of aliphatic hydroxyl groups is 1. The third-order valence-corrected chi connectivity index (χ3v) is 4.47. The topological polar surface area (TPSA) is 122 Å². The largest absolute Gasteiger partial charge is 0.395 e. The number of benzene rings is 2. The summed E-state index contributed by atoms with van der Waals surface area (Å²) in [7, 11) is -4.55. The molecule has 25 heavy (non-hydrogen) atoms. The minimum Gasteiger partial charge on any atom is -0.395 e. The fraction of sp³-hybridized carbons (Fsp3) is 0.143. The number of rotatable bonds is 7. The lowest BCUT2D eigenvalue weighted by Gasteiger charge is -2.14. The fourth-order valence-corrected chi connectivity index (χ4v) is 3.13. The van der Waals surface area contributed by atoms with Crippen LogP contribution in [0, 0.1) is 21.7 Å². The Bertz CT molecular complexity index is 905. The Morgan fingerprint density at radius 3 is 2.52 bits per heavy atom. The standard InChI is InChI=1S/C14H13F2N3O5S/c15-10-2-1-3-13(14(10)16)25(23,24)18-12-8-9(19(21)22)4-5-11(12)17-6-7-20/h1-5,8,17-18,20H,6-7H2. The first kappa shape index (κ1) is 18.5. The van der Waals surface area contributed by atoms with Crippen molar-refractivity contribution in [2.45, 2.75) is 4.90 Å². The van der Waals surface area contributed by atoms with E-state index in [1.54, 1.807) is 0 Å². The van der Waals surface area contributed by atoms with Gasteiger partial charge in [0.1, 0.15) is 4.90 Å². The van der Waals surface area contributed by atoms with E-state index in [-0.39, 0.29) is 24.5 Å². The SMILES string of the molecule is O=[N+]([O-])c1ccc(NCCO)c(NS(=O)(=O)c2cccc(F)c2F)c1. The Morgan fingerprint density at radius 2 is 1.88 bits per heavy atom. The lowest BCUT2D eigenvalue weighted by atomic mass is 10.2. The molecule has 0 aliphatic rings. The van der Waals surface area contributed by atoms with Gasteiger partial charge in [0, 0.05) is 18.7 Å². The van der Waals surface area contributed by atoms with Crippen molar-refractivity contribution in [3.05, 3.63) is 58.1 Å². The molecule has 0 spiro atoms. The number of hydrogen-bond acceptors (Lipinski definition) is 6. The highest BCUT2D eigenvalue weighted by molar-refractivity contribution is 7.92. The molecule has 0 aliphatic heterocycles. The highest BCUT2D eigenvalue weighted by Crippen LogP contribution is 2.30. The number of anilines is 2. The summed E-state index contributed by atoms with van der Waals surface area (Å²) in [5.41, 5.74) is -0.529. The summed E-state index contributed by atoms with van der Waals surface area (Å²) in [6, 6.07) is 5.92. The van der Waals surface area contributed by atoms with E-state index in [0.717, 1.165) is 30.3 Å². The van der Waals surface area contributed by atoms with E-state index in [1.807, 2.05) is 4.72 Å². The lowest BCUT2D eigenvalue weighted by molar-refractivity contribution is -0.384. The summed E-state index contributed by atoms with van der Waals surface area (Å²) >= 11 is 0. The molecule has 0 bridgehead atoms. The lowest BCUT2D eigenvalue weighted by Crippen LogP contribution is -2.17. The first-order valence-electron chi connectivity index (χ1n) is 6.86. The number of nitro benzene ring substituents is 1. The highest BCUT2D eigenvalue weighted by Gasteiger charge is 2.23. The summed E-state index contributed by atoms with van der Waals surface area (Å²) in [5, 5.41) is 22.4. The molecule has 0 unspecified atom stereocenters. The second-order valence-corrected chi connectivity index (χ2v) is 6.45. The van der Waals surface area contributed by atoms with Gasteiger partial charge < -0.3 is 10.4 Å². The first-order valence-corrected chi connectivity index (χ1v) is 8.34. The molecule has 0 atom stereocenters. The monoisotopic (exact) mass is 373 g/mol. The number of aliphatic hydroxyl groups excluding tert-OH is 1. The van der Waals surface area contributed by atoms with E-state index in [2.05, 4.69) is 5.32 Å². The average molecular weight is 373 g/mol. The molecule has 0 radical (unpaired) electrons. The summed E-state index contributed by atoms with van der Waals surface area (Å²) in [6.45, 7) is -0.234. The van der Waals surface area contributed by atoms with E-state index >= 15 is 0 Å². The number of non-ortho nitro benzene ring substituents is 1. The van der Waals surface area contributed by atoms with Crippen molar-refractivity contribution in [1.82, 2.24) is 0 Å². The Kier molecular flexibility index (Phi) is 5.49. The van der Waals surface area contributed by atoms with Gasteiger partial charge in [-0.2, -0.15) is 0 Å². The van der Waals surface area contributed by atoms with Gasteiger partial charge in [-0.1, -0.05) is 6.07 Å². The molecule has 0 fully saturated rings. The molecule has 134 valence electrons. The second kappa shape index (κ2) is 7.40. The summed E-state index contributed by atoms with van der Waals surface area (Å²) in [4.78, 5) is 9.19. The van der Waals surface area contributed by atoms with Gasteiger partial charge in [0.25, 0.3) is 15.7 Å². The van der Waals surface area contributed by atoms with Crippen LogP contribution < -0.4 is 10.0 Å². The van der Waals surface area contributed by atoms with Gasteiger partial charge in [-0.15, -0.1) is 0 Å². The Balaban J connectivity index is 2.47.